The highest BCUT2D eigenvalue weighted by atomic mass is 32.1. The molecule has 0 aliphatic carbocycles. The van der Waals surface area contributed by atoms with E-state index in [2.05, 4.69) is 36.9 Å². The van der Waals surface area contributed by atoms with Crippen LogP contribution in [-0.4, -0.2) is 40.9 Å². The summed E-state index contributed by atoms with van der Waals surface area (Å²) in [5.74, 6) is 0.0225. The molecule has 4 rings (SSSR count). The molecule has 1 unspecified atom stereocenters. The van der Waals surface area contributed by atoms with Gasteiger partial charge in [0.05, 0.1) is 10.1 Å². The number of piperazine rings is 1. The molecule has 5 nitrogen and oxygen atoms in total. The molecule has 2 heterocycles. The van der Waals surface area contributed by atoms with Crippen LogP contribution in [-0.2, 0) is 4.79 Å². The van der Waals surface area contributed by atoms with Gasteiger partial charge < -0.3 is 9.80 Å². The fourth-order valence-corrected chi connectivity index (χ4v) is 4.89. The van der Waals surface area contributed by atoms with Gasteiger partial charge in [0.1, 0.15) is 6.04 Å². The zero-order valence-electron chi connectivity index (χ0n) is 16.5. The summed E-state index contributed by atoms with van der Waals surface area (Å²) in [7, 11) is 0. The Morgan fingerprint density at radius 1 is 1.00 bits per heavy atom. The number of rotatable bonds is 3. The van der Waals surface area contributed by atoms with Crippen molar-refractivity contribution >= 4 is 33.2 Å². The Morgan fingerprint density at radius 3 is 2.43 bits per heavy atom. The number of fused-ring (bicyclic) bond motifs is 1. The van der Waals surface area contributed by atoms with Gasteiger partial charge in [0.25, 0.3) is 5.56 Å². The minimum atomic E-state index is -0.475. The number of hydrogen-bond acceptors (Lipinski definition) is 4. The van der Waals surface area contributed by atoms with E-state index in [1.165, 1.54) is 28.3 Å². The number of aromatic nitrogens is 1. The molecular formula is C22H25N3O2S. The van der Waals surface area contributed by atoms with Crippen LogP contribution in [0, 0.1) is 13.8 Å². The summed E-state index contributed by atoms with van der Waals surface area (Å²) in [5.41, 5.74) is 3.76. The van der Waals surface area contributed by atoms with Gasteiger partial charge in [-0.15, -0.1) is 0 Å². The first-order valence-corrected chi connectivity index (χ1v) is 10.4. The average molecular weight is 396 g/mol. The zero-order chi connectivity index (χ0) is 19.8. The van der Waals surface area contributed by atoms with Crippen molar-refractivity contribution < 1.29 is 4.79 Å². The van der Waals surface area contributed by atoms with E-state index in [-0.39, 0.29) is 11.5 Å². The molecule has 146 valence electrons. The van der Waals surface area contributed by atoms with Gasteiger partial charge in [0.15, 0.2) is 0 Å². The van der Waals surface area contributed by atoms with Crippen molar-refractivity contribution in [1.82, 2.24) is 8.86 Å². The molecule has 1 fully saturated rings. The molecular weight excluding hydrogens is 370 g/mol. The van der Waals surface area contributed by atoms with E-state index in [4.69, 9.17) is 0 Å². The van der Waals surface area contributed by atoms with Crippen LogP contribution >= 0.6 is 11.5 Å². The predicted molar refractivity (Wildman–Crippen MR) is 116 cm³/mol. The number of carbonyl (C=O) groups excluding carboxylic acids is 1. The standard InChI is InChI=1S/C22H25N3O2S/c1-15-7-6-9-19(16(15)2)23-11-13-24(14-12-23)21(26)17(3)25-22(27)18-8-4-5-10-20(18)28-25/h4-10,17H,11-14H2,1-3H3. The summed E-state index contributed by atoms with van der Waals surface area (Å²) in [6.45, 7) is 9.08. The van der Waals surface area contributed by atoms with E-state index < -0.39 is 6.04 Å². The van der Waals surface area contributed by atoms with E-state index in [9.17, 15) is 9.59 Å². The van der Waals surface area contributed by atoms with Gasteiger partial charge >= 0.3 is 0 Å². The Balaban J connectivity index is 1.48. The van der Waals surface area contributed by atoms with Crippen molar-refractivity contribution in [3.63, 3.8) is 0 Å². The largest absolute Gasteiger partial charge is 0.368 e. The minimum Gasteiger partial charge on any atom is -0.368 e. The van der Waals surface area contributed by atoms with Crippen molar-refractivity contribution in [2.45, 2.75) is 26.8 Å². The summed E-state index contributed by atoms with van der Waals surface area (Å²) >= 11 is 1.37. The molecule has 6 heteroatoms. The highest BCUT2D eigenvalue weighted by molar-refractivity contribution is 7.14. The Bertz CT molecular complexity index is 1080. The van der Waals surface area contributed by atoms with Crippen molar-refractivity contribution in [1.29, 1.82) is 0 Å². The van der Waals surface area contributed by atoms with Crippen LogP contribution in [0.4, 0.5) is 5.69 Å². The van der Waals surface area contributed by atoms with Crippen LogP contribution in [0.1, 0.15) is 24.1 Å². The molecule has 3 aromatic rings. The van der Waals surface area contributed by atoms with Gasteiger partial charge in [-0.1, -0.05) is 35.8 Å². The molecule has 28 heavy (non-hydrogen) atoms. The number of benzene rings is 2. The van der Waals surface area contributed by atoms with Gasteiger partial charge in [0.2, 0.25) is 5.91 Å². The van der Waals surface area contributed by atoms with Gasteiger partial charge in [-0.05, 0) is 50.1 Å². The molecule has 0 saturated carbocycles. The maximum absolute atomic E-state index is 13.0. The van der Waals surface area contributed by atoms with E-state index >= 15 is 0 Å². The maximum atomic E-state index is 13.0. The summed E-state index contributed by atoms with van der Waals surface area (Å²) in [6, 6.07) is 13.4. The molecule has 2 aromatic carbocycles. The third-order valence-electron chi connectivity index (χ3n) is 5.73. The van der Waals surface area contributed by atoms with Crippen LogP contribution in [0.2, 0.25) is 0 Å². The van der Waals surface area contributed by atoms with Crippen LogP contribution in [0.5, 0.6) is 0 Å². The normalized spacial score (nSPS) is 15.8. The highest BCUT2D eigenvalue weighted by Crippen LogP contribution is 2.25. The first-order chi connectivity index (χ1) is 13.5. The first kappa shape index (κ1) is 18.7. The molecule has 1 saturated heterocycles. The third kappa shape index (κ3) is 3.22. The first-order valence-electron chi connectivity index (χ1n) is 9.68. The topological polar surface area (TPSA) is 45.5 Å². The second-order valence-electron chi connectivity index (χ2n) is 7.43. The monoisotopic (exact) mass is 395 g/mol. The molecule has 0 spiro atoms. The number of anilines is 1. The molecule has 1 aliphatic heterocycles. The number of carbonyl (C=O) groups is 1. The lowest BCUT2D eigenvalue weighted by molar-refractivity contribution is -0.134. The van der Waals surface area contributed by atoms with Crippen molar-refractivity contribution in [2.24, 2.45) is 0 Å². The van der Waals surface area contributed by atoms with Crippen LogP contribution < -0.4 is 10.5 Å². The average Bonchev–Trinajstić information content (AvgIpc) is 3.06. The van der Waals surface area contributed by atoms with E-state index in [0.29, 0.717) is 18.5 Å². The quantitative estimate of drug-likeness (QED) is 0.681. The number of hydrogen-bond donors (Lipinski definition) is 0. The zero-order valence-corrected chi connectivity index (χ0v) is 17.3. The minimum absolute atomic E-state index is 0.0225. The summed E-state index contributed by atoms with van der Waals surface area (Å²) in [5, 5.41) is 0.687. The lowest BCUT2D eigenvalue weighted by Crippen LogP contribution is -2.50. The summed E-state index contributed by atoms with van der Waals surface area (Å²) in [4.78, 5) is 29.9. The van der Waals surface area contributed by atoms with Crippen molar-refractivity contribution in [3.05, 3.63) is 63.9 Å². The second kappa shape index (κ2) is 7.43. The molecule has 0 bridgehead atoms. The molecule has 1 aliphatic rings. The van der Waals surface area contributed by atoms with Gasteiger partial charge in [-0.2, -0.15) is 0 Å². The highest BCUT2D eigenvalue weighted by Gasteiger charge is 2.28. The summed E-state index contributed by atoms with van der Waals surface area (Å²) < 4.78 is 2.54. The molecule has 0 N–H and O–H groups in total. The number of amides is 1. The van der Waals surface area contributed by atoms with Crippen molar-refractivity contribution in [3.8, 4) is 0 Å². The Kier molecular flexibility index (Phi) is 4.98. The van der Waals surface area contributed by atoms with Gasteiger partial charge in [-0.25, -0.2) is 0 Å². The fraction of sp³-hybridized carbons (Fsp3) is 0.364. The molecule has 1 amide bonds. The fourth-order valence-electron chi connectivity index (χ4n) is 3.85. The Morgan fingerprint density at radius 2 is 1.71 bits per heavy atom. The SMILES string of the molecule is Cc1cccc(N2CCN(C(=O)C(C)n3sc4ccccc4c3=O)CC2)c1C. The lowest BCUT2D eigenvalue weighted by Gasteiger charge is -2.38. The number of aryl methyl sites for hydroxylation is 1. The second-order valence-corrected chi connectivity index (χ2v) is 8.44. The van der Waals surface area contributed by atoms with E-state index in [1.54, 1.807) is 3.96 Å². The van der Waals surface area contributed by atoms with Gasteiger partial charge in [-0.3, -0.25) is 13.5 Å². The third-order valence-corrected chi connectivity index (χ3v) is 6.96. The lowest BCUT2D eigenvalue weighted by atomic mass is 10.1. The molecule has 0 radical (unpaired) electrons. The molecule has 1 atom stereocenters. The smallest absolute Gasteiger partial charge is 0.269 e. The van der Waals surface area contributed by atoms with E-state index in [1.807, 2.05) is 36.1 Å². The van der Waals surface area contributed by atoms with Crippen LogP contribution in [0.25, 0.3) is 10.1 Å². The van der Waals surface area contributed by atoms with Crippen molar-refractivity contribution in [2.75, 3.05) is 31.1 Å². The predicted octanol–water partition coefficient (Wildman–Crippen LogP) is 3.59. The maximum Gasteiger partial charge on any atom is 0.269 e. The number of nitrogens with zero attached hydrogens (tertiary/aromatic N) is 3. The van der Waals surface area contributed by atoms with Crippen LogP contribution in [0.3, 0.4) is 0 Å². The van der Waals surface area contributed by atoms with Gasteiger partial charge in [0, 0.05) is 31.9 Å². The molecule has 1 aromatic heterocycles. The summed E-state index contributed by atoms with van der Waals surface area (Å²) in [6.07, 6.45) is 0. The van der Waals surface area contributed by atoms with E-state index in [0.717, 1.165) is 17.8 Å². The Hall–Kier alpha value is -2.60. The van der Waals surface area contributed by atoms with Crippen LogP contribution in [0.15, 0.2) is 47.3 Å². The Labute approximate surface area is 169 Å².